The second-order valence-corrected chi connectivity index (χ2v) is 9.13. The third-order valence-corrected chi connectivity index (χ3v) is 5.40. The number of nitrogens with one attached hydrogen (secondary N) is 1. The zero-order valence-electron chi connectivity index (χ0n) is 19.1. The van der Waals surface area contributed by atoms with Gasteiger partial charge in [-0.05, 0) is 33.3 Å². The van der Waals surface area contributed by atoms with E-state index in [1.807, 2.05) is 30.3 Å². The van der Waals surface area contributed by atoms with E-state index in [0.717, 1.165) is 5.56 Å². The Morgan fingerprint density at radius 3 is 2.28 bits per heavy atom. The topological polar surface area (TPSA) is 103 Å². The minimum Gasteiger partial charge on any atom is -0.464 e. The molecular weight excluding hydrogens is 416 g/mol. The first-order valence-corrected chi connectivity index (χ1v) is 10.9. The first-order valence-electron chi connectivity index (χ1n) is 10.9. The number of piperidine rings is 1. The zero-order chi connectivity index (χ0) is 23.4. The molecule has 32 heavy (non-hydrogen) atoms. The molecule has 1 N–H and O–H groups in total. The molecule has 2 amide bonds. The Kier molecular flexibility index (Phi) is 7.28. The highest BCUT2D eigenvalue weighted by Crippen LogP contribution is 2.36. The molecule has 2 aliphatic rings. The second-order valence-electron chi connectivity index (χ2n) is 9.13. The Balaban J connectivity index is 1.76. The number of morpholine rings is 1. The predicted octanol–water partition coefficient (Wildman–Crippen LogP) is 3.01. The quantitative estimate of drug-likeness (QED) is 0.545. The fourth-order valence-corrected chi connectivity index (χ4v) is 4.18. The summed E-state index contributed by atoms with van der Waals surface area (Å²) in [6.45, 7) is 7.73. The molecule has 0 spiro atoms. The largest absolute Gasteiger partial charge is 0.464 e. The van der Waals surface area contributed by atoms with Gasteiger partial charge in [0.25, 0.3) is 0 Å². The highest BCUT2D eigenvalue weighted by Gasteiger charge is 2.55. The van der Waals surface area contributed by atoms with Crippen molar-refractivity contribution in [3.63, 3.8) is 0 Å². The first kappa shape index (κ1) is 23.8. The fourth-order valence-electron chi connectivity index (χ4n) is 4.18. The molecular formula is C23H32N2O7. The van der Waals surface area contributed by atoms with Crippen LogP contribution in [0.4, 0.5) is 9.59 Å². The molecule has 1 aromatic rings. The molecule has 0 radical (unpaired) electrons. The number of nitrogens with zero attached hydrogens (tertiary/aromatic N) is 1. The number of ether oxygens (including phenoxy) is 4. The van der Waals surface area contributed by atoms with E-state index in [-0.39, 0.29) is 39.3 Å². The van der Waals surface area contributed by atoms with Crippen LogP contribution < -0.4 is 5.32 Å². The van der Waals surface area contributed by atoms with Crippen molar-refractivity contribution in [3.05, 3.63) is 35.9 Å². The van der Waals surface area contributed by atoms with Gasteiger partial charge in [0, 0.05) is 12.8 Å². The van der Waals surface area contributed by atoms with Crippen LogP contribution in [0.5, 0.6) is 0 Å². The molecule has 2 saturated heterocycles. The average Bonchev–Trinajstić information content (AvgIpc) is 2.71. The number of fused-ring (bicyclic) bond motifs is 2. The highest BCUT2D eigenvalue weighted by molar-refractivity contribution is 5.86. The van der Waals surface area contributed by atoms with Gasteiger partial charge in [0.15, 0.2) is 0 Å². The van der Waals surface area contributed by atoms with Crippen LogP contribution in [0.1, 0.15) is 46.1 Å². The standard InChI is InChI=1S/C23H32N2O7/c1-5-30-19(26)23(24-20(27)32-22(2,3)4)11-17-14-29-15-18(12-23)25(17)21(28)31-13-16-9-7-6-8-10-16/h6-10,17-18H,5,11-15H2,1-4H3,(H,24,27). The maximum absolute atomic E-state index is 13.0. The van der Waals surface area contributed by atoms with Gasteiger partial charge in [-0.2, -0.15) is 0 Å². The summed E-state index contributed by atoms with van der Waals surface area (Å²) in [6.07, 6.45) is -0.893. The van der Waals surface area contributed by atoms with Crippen molar-refractivity contribution < 1.29 is 33.3 Å². The van der Waals surface area contributed by atoms with Crippen LogP contribution in [0.2, 0.25) is 0 Å². The SMILES string of the molecule is CCOC(=O)C1(NC(=O)OC(C)(C)C)CC2COCC(C1)N2C(=O)OCc1ccccc1. The lowest BCUT2D eigenvalue weighted by Crippen LogP contribution is -2.70. The monoisotopic (exact) mass is 448 g/mol. The Bertz CT molecular complexity index is 807. The number of hydrogen-bond donors (Lipinski definition) is 1. The van der Waals surface area contributed by atoms with Gasteiger partial charge < -0.3 is 24.3 Å². The number of carbonyl (C=O) groups excluding carboxylic acids is 3. The fraction of sp³-hybridized carbons (Fsp3) is 0.609. The average molecular weight is 449 g/mol. The molecule has 2 unspecified atom stereocenters. The molecule has 176 valence electrons. The van der Waals surface area contributed by atoms with E-state index < -0.39 is 41.4 Å². The minimum absolute atomic E-state index is 0.141. The van der Waals surface area contributed by atoms with E-state index in [9.17, 15) is 14.4 Å². The smallest absolute Gasteiger partial charge is 0.410 e. The van der Waals surface area contributed by atoms with Crippen molar-refractivity contribution in [2.45, 2.75) is 70.4 Å². The maximum Gasteiger partial charge on any atom is 0.410 e. The van der Waals surface area contributed by atoms with Crippen molar-refractivity contribution in [2.75, 3.05) is 19.8 Å². The van der Waals surface area contributed by atoms with Crippen LogP contribution in [0.3, 0.4) is 0 Å². The van der Waals surface area contributed by atoms with Crippen LogP contribution in [0.15, 0.2) is 30.3 Å². The van der Waals surface area contributed by atoms with Gasteiger partial charge in [-0.1, -0.05) is 30.3 Å². The van der Waals surface area contributed by atoms with Crippen LogP contribution in [-0.4, -0.2) is 66.1 Å². The first-order chi connectivity index (χ1) is 15.1. The number of hydrogen-bond acceptors (Lipinski definition) is 7. The lowest BCUT2D eigenvalue weighted by atomic mass is 9.78. The Hall–Kier alpha value is -2.81. The van der Waals surface area contributed by atoms with Gasteiger partial charge in [-0.25, -0.2) is 14.4 Å². The summed E-state index contributed by atoms with van der Waals surface area (Å²) >= 11 is 0. The Morgan fingerprint density at radius 1 is 1.09 bits per heavy atom. The Morgan fingerprint density at radius 2 is 1.72 bits per heavy atom. The summed E-state index contributed by atoms with van der Waals surface area (Å²) < 4.78 is 21.9. The van der Waals surface area contributed by atoms with E-state index in [0.29, 0.717) is 0 Å². The van der Waals surface area contributed by atoms with Gasteiger partial charge in [-0.15, -0.1) is 0 Å². The van der Waals surface area contributed by atoms with E-state index in [2.05, 4.69) is 5.32 Å². The van der Waals surface area contributed by atoms with Gasteiger partial charge in [-0.3, -0.25) is 4.90 Å². The van der Waals surface area contributed by atoms with Gasteiger partial charge >= 0.3 is 18.2 Å². The number of rotatable bonds is 5. The molecule has 2 aliphatic heterocycles. The van der Waals surface area contributed by atoms with E-state index >= 15 is 0 Å². The van der Waals surface area contributed by atoms with Crippen LogP contribution >= 0.6 is 0 Å². The molecule has 2 bridgehead atoms. The Labute approximate surface area is 188 Å². The van der Waals surface area contributed by atoms with Crippen molar-refractivity contribution in [1.29, 1.82) is 0 Å². The molecule has 0 aromatic heterocycles. The molecule has 2 atom stereocenters. The van der Waals surface area contributed by atoms with E-state index in [1.165, 1.54) is 0 Å². The van der Waals surface area contributed by atoms with Gasteiger partial charge in [0.1, 0.15) is 17.7 Å². The van der Waals surface area contributed by atoms with Gasteiger partial charge in [0.05, 0.1) is 31.9 Å². The zero-order valence-corrected chi connectivity index (χ0v) is 19.1. The van der Waals surface area contributed by atoms with Crippen molar-refractivity contribution in [1.82, 2.24) is 10.2 Å². The van der Waals surface area contributed by atoms with Crippen molar-refractivity contribution in [2.24, 2.45) is 0 Å². The van der Waals surface area contributed by atoms with Crippen LogP contribution in [-0.2, 0) is 30.3 Å². The normalized spacial score (nSPS) is 24.9. The minimum atomic E-state index is -1.31. The van der Waals surface area contributed by atoms with Crippen molar-refractivity contribution >= 4 is 18.2 Å². The lowest BCUT2D eigenvalue weighted by molar-refractivity contribution is -0.161. The summed E-state index contributed by atoms with van der Waals surface area (Å²) in [4.78, 5) is 40.1. The summed E-state index contributed by atoms with van der Waals surface area (Å²) in [5, 5.41) is 2.75. The molecule has 9 heteroatoms. The molecule has 9 nitrogen and oxygen atoms in total. The van der Waals surface area contributed by atoms with E-state index in [4.69, 9.17) is 18.9 Å². The second kappa shape index (κ2) is 9.77. The molecule has 0 saturated carbocycles. The predicted molar refractivity (Wildman–Crippen MR) is 115 cm³/mol. The number of amides is 2. The highest BCUT2D eigenvalue weighted by atomic mass is 16.6. The lowest BCUT2D eigenvalue weighted by Gasteiger charge is -2.51. The third-order valence-electron chi connectivity index (χ3n) is 5.40. The number of carbonyl (C=O) groups is 3. The third kappa shape index (κ3) is 5.70. The summed E-state index contributed by atoms with van der Waals surface area (Å²) in [6, 6.07) is 8.50. The number of benzene rings is 1. The molecule has 2 fully saturated rings. The summed E-state index contributed by atoms with van der Waals surface area (Å²) in [7, 11) is 0. The summed E-state index contributed by atoms with van der Waals surface area (Å²) in [5.41, 5.74) is -1.15. The van der Waals surface area contributed by atoms with Crippen LogP contribution in [0.25, 0.3) is 0 Å². The van der Waals surface area contributed by atoms with Crippen LogP contribution in [0, 0.1) is 0 Å². The number of esters is 1. The molecule has 3 rings (SSSR count). The molecule has 2 heterocycles. The summed E-state index contributed by atoms with van der Waals surface area (Å²) in [5.74, 6) is -0.542. The maximum atomic E-state index is 13.0. The van der Waals surface area contributed by atoms with E-state index in [1.54, 1.807) is 32.6 Å². The van der Waals surface area contributed by atoms with Gasteiger partial charge in [0.2, 0.25) is 0 Å². The molecule has 1 aromatic carbocycles. The number of alkyl carbamates (subject to hydrolysis) is 1. The van der Waals surface area contributed by atoms with Crippen molar-refractivity contribution in [3.8, 4) is 0 Å². The molecule has 0 aliphatic carbocycles.